The van der Waals surface area contributed by atoms with Crippen molar-refractivity contribution in [2.24, 2.45) is 5.10 Å². The van der Waals surface area contributed by atoms with E-state index in [-0.39, 0.29) is 5.24 Å². The first-order valence-corrected chi connectivity index (χ1v) is 7.90. The van der Waals surface area contributed by atoms with Gasteiger partial charge in [0.25, 0.3) is 0 Å². The summed E-state index contributed by atoms with van der Waals surface area (Å²) in [4.78, 5) is 12.0. The lowest BCUT2D eigenvalue weighted by molar-refractivity contribution is 0.222. The number of benzene rings is 2. The summed E-state index contributed by atoms with van der Waals surface area (Å²) in [5.41, 5.74) is 2.96. The van der Waals surface area contributed by atoms with Crippen LogP contribution in [0.5, 0.6) is 0 Å². The minimum Gasteiger partial charge on any atom is -0.260 e. The molecule has 2 aromatic rings. The van der Waals surface area contributed by atoms with Crippen LogP contribution in [-0.2, 0) is 6.54 Å². The van der Waals surface area contributed by atoms with E-state index in [0.29, 0.717) is 17.3 Å². The molecule has 1 heterocycles. The lowest BCUT2D eigenvalue weighted by Gasteiger charge is -2.23. The topological polar surface area (TPSA) is 32.7 Å². The summed E-state index contributed by atoms with van der Waals surface area (Å²) in [6.07, 6.45) is 0. The third-order valence-corrected chi connectivity index (χ3v) is 4.26. The molecule has 0 fully saturated rings. The van der Waals surface area contributed by atoms with Gasteiger partial charge in [0.05, 0.1) is 12.3 Å². The van der Waals surface area contributed by atoms with E-state index in [1.165, 1.54) is 16.8 Å². The molecule has 0 N–H and O–H groups in total. The van der Waals surface area contributed by atoms with E-state index in [9.17, 15) is 4.79 Å². The summed E-state index contributed by atoms with van der Waals surface area (Å²) < 4.78 is 0. The number of halogens is 1. The molecule has 106 valence electrons. The predicted octanol–water partition coefficient (Wildman–Crippen LogP) is 4.41. The van der Waals surface area contributed by atoms with Crippen LogP contribution in [0.3, 0.4) is 0 Å². The number of amides is 1. The van der Waals surface area contributed by atoms with Gasteiger partial charge in [-0.2, -0.15) is 5.10 Å². The third-order valence-electron chi connectivity index (χ3n) is 3.14. The molecule has 0 atom stereocenters. The summed E-state index contributed by atoms with van der Waals surface area (Å²) >= 11 is 7.18. The number of hydrogen-bond acceptors (Lipinski definition) is 3. The number of carbonyl (C=O) groups is 1. The first-order valence-electron chi connectivity index (χ1n) is 6.54. The molecule has 0 radical (unpaired) electrons. The van der Waals surface area contributed by atoms with E-state index < -0.39 is 0 Å². The zero-order chi connectivity index (χ0) is 14.7. The van der Waals surface area contributed by atoms with Crippen molar-refractivity contribution in [3.05, 3.63) is 70.7 Å². The molecule has 0 saturated carbocycles. The van der Waals surface area contributed by atoms with Crippen LogP contribution in [0.4, 0.5) is 4.79 Å². The molecule has 0 unspecified atom stereocenters. The predicted molar refractivity (Wildman–Crippen MR) is 87.8 cm³/mol. The Balaban J connectivity index is 1.84. The van der Waals surface area contributed by atoms with Gasteiger partial charge in [0, 0.05) is 10.8 Å². The summed E-state index contributed by atoms with van der Waals surface area (Å²) in [6.45, 7) is 0.490. The Kier molecular flexibility index (Phi) is 4.27. The molecule has 3 rings (SSSR count). The number of nitrogens with zero attached hydrogens (tertiary/aromatic N) is 2. The van der Waals surface area contributed by atoms with Gasteiger partial charge in [-0.1, -0.05) is 65.8 Å². The van der Waals surface area contributed by atoms with Crippen molar-refractivity contribution < 1.29 is 4.79 Å². The van der Waals surface area contributed by atoms with Gasteiger partial charge in [-0.05, 0) is 23.3 Å². The van der Waals surface area contributed by atoms with Gasteiger partial charge in [0.2, 0.25) is 0 Å². The molecule has 2 aromatic carbocycles. The molecule has 21 heavy (non-hydrogen) atoms. The molecular weight excluding hydrogens is 304 g/mol. The lowest BCUT2D eigenvalue weighted by atomic mass is 10.1. The maximum absolute atomic E-state index is 12.0. The molecule has 0 saturated heterocycles. The number of rotatable bonds is 3. The van der Waals surface area contributed by atoms with Crippen molar-refractivity contribution in [3.8, 4) is 0 Å². The Labute approximate surface area is 132 Å². The second-order valence-electron chi connectivity index (χ2n) is 4.65. The summed E-state index contributed by atoms with van der Waals surface area (Å²) in [7, 11) is 0. The fourth-order valence-corrected chi connectivity index (χ4v) is 2.92. The Morgan fingerprint density at radius 2 is 1.81 bits per heavy atom. The zero-order valence-corrected chi connectivity index (χ0v) is 12.8. The third kappa shape index (κ3) is 3.46. The van der Waals surface area contributed by atoms with Crippen LogP contribution >= 0.6 is 23.4 Å². The van der Waals surface area contributed by atoms with Crippen LogP contribution in [0.1, 0.15) is 11.1 Å². The van der Waals surface area contributed by atoms with Gasteiger partial charge < -0.3 is 0 Å². The van der Waals surface area contributed by atoms with E-state index >= 15 is 0 Å². The van der Waals surface area contributed by atoms with Gasteiger partial charge in [0.1, 0.15) is 0 Å². The first-order chi connectivity index (χ1) is 10.2. The van der Waals surface area contributed by atoms with Crippen LogP contribution in [0.2, 0.25) is 5.02 Å². The molecule has 3 nitrogen and oxygen atoms in total. The standard InChI is InChI=1S/C16H13ClN2OS/c17-14-8-6-13(7-9-14)15-11-21-16(20)19(18-15)10-12-4-2-1-3-5-12/h1-9H,10-11H2. The number of hydrazone groups is 1. The van der Waals surface area contributed by atoms with Gasteiger partial charge >= 0.3 is 5.24 Å². The van der Waals surface area contributed by atoms with E-state index in [4.69, 9.17) is 11.6 Å². The van der Waals surface area contributed by atoms with Crippen molar-refractivity contribution in [2.75, 3.05) is 5.75 Å². The molecule has 0 aliphatic carbocycles. The highest BCUT2D eigenvalue weighted by Gasteiger charge is 2.22. The van der Waals surface area contributed by atoms with E-state index in [1.807, 2.05) is 54.6 Å². The monoisotopic (exact) mass is 316 g/mol. The summed E-state index contributed by atoms with van der Waals surface area (Å²) in [6, 6.07) is 17.4. The van der Waals surface area contributed by atoms with Crippen molar-refractivity contribution in [2.45, 2.75) is 6.54 Å². The largest absolute Gasteiger partial charge is 0.302 e. The second kappa shape index (κ2) is 6.33. The lowest BCUT2D eigenvalue weighted by Crippen LogP contribution is -2.29. The highest BCUT2D eigenvalue weighted by molar-refractivity contribution is 8.14. The SMILES string of the molecule is O=C1SCC(c2ccc(Cl)cc2)=NN1Cc1ccccc1. The number of thioether (sulfide) groups is 1. The molecule has 0 spiro atoms. The highest BCUT2D eigenvalue weighted by Crippen LogP contribution is 2.22. The van der Waals surface area contributed by atoms with Crippen LogP contribution in [0, 0.1) is 0 Å². The van der Waals surface area contributed by atoms with Crippen molar-refractivity contribution in [1.29, 1.82) is 0 Å². The van der Waals surface area contributed by atoms with E-state index in [2.05, 4.69) is 5.10 Å². The molecule has 1 aliphatic heterocycles. The Hall–Kier alpha value is -1.78. The van der Waals surface area contributed by atoms with Crippen molar-refractivity contribution in [3.63, 3.8) is 0 Å². The van der Waals surface area contributed by atoms with Crippen LogP contribution < -0.4 is 0 Å². The molecular formula is C16H13ClN2OS. The van der Waals surface area contributed by atoms with Gasteiger partial charge in [-0.3, -0.25) is 4.79 Å². The average Bonchev–Trinajstić information content (AvgIpc) is 2.51. The Morgan fingerprint density at radius 1 is 1.10 bits per heavy atom. The van der Waals surface area contributed by atoms with Gasteiger partial charge in [0.15, 0.2) is 0 Å². The second-order valence-corrected chi connectivity index (χ2v) is 6.01. The Morgan fingerprint density at radius 3 is 2.52 bits per heavy atom. The van der Waals surface area contributed by atoms with Gasteiger partial charge in [-0.25, -0.2) is 5.01 Å². The minimum atomic E-state index is -0.0171. The van der Waals surface area contributed by atoms with Crippen molar-refractivity contribution >= 4 is 34.3 Å². The maximum atomic E-state index is 12.0. The number of carbonyl (C=O) groups excluding carboxylic acids is 1. The van der Waals surface area contributed by atoms with E-state index in [0.717, 1.165) is 16.8 Å². The maximum Gasteiger partial charge on any atom is 0.302 e. The molecule has 5 heteroatoms. The molecule has 1 aliphatic rings. The normalized spacial score (nSPS) is 15.0. The first kappa shape index (κ1) is 14.2. The average molecular weight is 317 g/mol. The van der Waals surface area contributed by atoms with E-state index in [1.54, 1.807) is 0 Å². The van der Waals surface area contributed by atoms with Gasteiger partial charge in [-0.15, -0.1) is 0 Å². The smallest absolute Gasteiger partial charge is 0.260 e. The van der Waals surface area contributed by atoms with Crippen LogP contribution in [0.25, 0.3) is 0 Å². The number of hydrogen-bond donors (Lipinski definition) is 0. The Bertz CT molecular complexity index is 670. The quantitative estimate of drug-likeness (QED) is 0.840. The minimum absolute atomic E-state index is 0.0171. The fourth-order valence-electron chi connectivity index (χ4n) is 2.06. The van der Waals surface area contributed by atoms with Crippen LogP contribution in [0.15, 0.2) is 59.7 Å². The highest BCUT2D eigenvalue weighted by atomic mass is 35.5. The van der Waals surface area contributed by atoms with Crippen molar-refractivity contribution in [1.82, 2.24) is 5.01 Å². The van der Waals surface area contributed by atoms with Crippen LogP contribution in [-0.4, -0.2) is 21.7 Å². The molecule has 1 amide bonds. The fraction of sp³-hybridized carbons (Fsp3) is 0.125. The summed E-state index contributed by atoms with van der Waals surface area (Å²) in [5, 5.41) is 6.69. The molecule has 0 aromatic heterocycles. The summed E-state index contributed by atoms with van der Waals surface area (Å²) in [5.74, 6) is 0.589. The zero-order valence-electron chi connectivity index (χ0n) is 11.2. The molecule has 0 bridgehead atoms.